The lowest BCUT2D eigenvalue weighted by atomic mass is 10.1. The van der Waals surface area contributed by atoms with Crippen LogP contribution in [0.15, 0.2) is 42.5 Å². The van der Waals surface area contributed by atoms with Gasteiger partial charge in [0.05, 0.1) is 33.8 Å². The Morgan fingerprint density at radius 3 is 2.34 bits per heavy atom. The van der Waals surface area contributed by atoms with Gasteiger partial charge in [-0.05, 0) is 30.3 Å². The first-order valence-corrected chi connectivity index (χ1v) is 10.1. The van der Waals surface area contributed by atoms with E-state index in [9.17, 15) is 31.2 Å². The number of carbonyl (C=O) groups is 2. The summed E-state index contributed by atoms with van der Waals surface area (Å²) >= 11 is 5.55. The van der Waals surface area contributed by atoms with E-state index in [0.717, 1.165) is 18.4 Å². The van der Waals surface area contributed by atoms with E-state index in [2.05, 4.69) is 5.32 Å². The summed E-state index contributed by atoms with van der Waals surface area (Å²) in [5.41, 5.74) is 3.58. The van der Waals surface area contributed by atoms with Gasteiger partial charge in [0.25, 0.3) is 5.91 Å². The van der Waals surface area contributed by atoms with Crippen molar-refractivity contribution in [2.75, 3.05) is 22.4 Å². The fourth-order valence-electron chi connectivity index (χ4n) is 2.41. The molecule has 0 aliphatic heterocycles. The number of nitrogens with two attached hydrogens (primary N) is 1. The molecule has 7 nitrogen and oxygen atoms in total. The largest absolute Gasteiger partial charge is 0.417 e. The van der Waals surface area contributed by atoms with E-state index in [1.807, 2.05) is 0 Å². The molecular formula is C17H15ClF3N3O4S. The number of benzene rings is 2. The normalized spacial score (nSPS) is 11.8. The summed E-state index contributed by atoms with van der Waals surface area (Å²) in [5.74, 6) is -1.72. The van der Waals surface area contributed by atoms with Crippen LogP contribution in [0.2, 0.25) is 5.02 Å². The number of alkyl halides is 3. The van der Waals surface area contributed by atoms with Crippen molar-refractivity contribution in [2.45, 2.75) is 6.18 Å². The van der Waals surface area contributed by atoms with Gasteiger partial charge in [0.15, 0.2) is 0 Å². The Labute approximate surface area is 169 Å². The summed E-state index contributed by atoms with van der Waals surface area (Å²) < 4.78 is 63.9. The second kappa shape index (κ2) is 8.29. The van der Waals surface area contributed by atoms with Crippen molar-refractivity contribution in [2.24, 2.45) is 5.73 Å². The second-order valence-electron chi connectivity index (χ2n) is 5.89. The van der Waals surface area contributed by atoms with Crippen LogP contribution in [0, 0.1) is 0 Å². The number of carbonyl (C=O) groups excluding carboxylic acids is 2. The molecule has 2 aromatic rings. The molecule has 12 heteroatoms. The van der Waals surface area contributed by atoms with E-state index in [1.165, 1.54) is 24.3 Å². The lowest BCUT2D eigenvalue weighted by Crippen LogP contribution is -2.37. The zero-order chi connectivity index (χ0) is 22.0. The first-order chi connectivity index (χ1) is 13.3. The van der Waals surface area contributed by atoms with E-state index in [1.54, 1.807) is 0 Å². The van der Waals surface area contributed by atoms with Crippen LogP contribution in [-0.4, -0.2) is 33.0 Å². The van der Waals surface area contributed by atoms with Crippen molar-refractivity contribution in [1.82, 2.24) is 0 Å². The Bertz CT molecular complexity index is 1060. The highest BCUT2D eigenvalue weighted by Crippen LogP contribution is 2.37. The number of para-hydroxylation sites is 1. The number of sulfonamides is 1. The Hall–Kier alpha value is -2.79. The molecule has 0 saturated heterocycles. The Balaban J connectivity index is 2.37. The highest BCUT2D eigenvalue weighted by molar-refractivity contribution is 7.92. The summed E-state index contributed by atoms with van der Waals surface area (Å²) in [4.78, 5) is 23.8. The SMILES string of the molecule is CS(=O)(=O)N(CC(=O)Nc1ccccc1C(N)=O)c1ccc(Cl)c(C(F)(F)F)c1. The third-order valence-corrected chi connectivity index (χ3v) is 5.17. The van der Waals surface area contributed by atoms with Crippen LogP contribution in [0.1, 0.15) is 15.9 Å². The molecule has 2 rings (SSSR count). The fourth-order valence-corrected chi connectivity index (χ4v) is 3.49. The first kappa shape index (κ1) is 22.5. The van der Waals surface area contributed by atoms with E-state index in [0.29, 0.717) is 10.4 Å². The average molecular weight is 450 g/mol. The highest BCUT2D eigenvalue weighted by atomic mass is 35.5. The first-order valence-electron chi connectivity index (χ1n) is 7.84. The van der Waals surface area contributed by atoms with Gasteiger partial charge >= 0.3 is 6.18 Å². The molecule has 156 valence electrons. The Kier molecular flexibility index (Phi) is 6.43. The van der Waals surface area contributed by atoms with Crippen molar-refractivity contribution in [3.8, 4) is 0 Å². The minimum absolute atomic E-state index is 0.0161. The summed E-state index contributed by atoms with van der Waals surface area (Å²) in [7, 11) is -4.14. The number of halogens is 4. The number of anilines is 2. The molecule has 2 aromatic carbocycles. The van der Waals surface area contributed by atoms with E-state index in [-0.39, 0.29) is 11.3 Å². The quantitative estimate of drug-likeness (QED) is 0.706. The molecule has 2 amide bonds. The van der Waals surface area contributed by atoms with Gasteiger partial charge in [0, 0.05) is 0 Å². The number of primary amides is 1. The lowest BCUT2D eigenvalue weighted by Gasteiger charge is -2.23. The molecule has 0 atom stereocenters. The second-order valence-corrected chi connectivity index (χ2v) is 8.20. The van der Waals surface area contributed by atoms with E-state index >= 15 is 0 Å². The van der Waals surface area contributed by atoms with Gasteiger partial charge in [-0.1, -0.05) is 23.7 Å². The molecule has 0 radical (unpaired) electrons. The Morgan fingerprint density at radius 1 is 1.17 bits per heavy atom. The highest BCUT2D eigenvalue weighted by Gasteiger charge is 2.34. The van der Waals surface area contributed by atoms with Gasteiger partial charge in [-0.2, -0.15) is 13.2 Å². The van der Waals surface area contributed by atoms with Crippen molar-refractivity contribution in [3.05, 3.63) is 58.6 Å². The maximum absolute atomic E-state index is 13.1. The van der Waals surface area contributed by atoms with Crippen molar-refractivity contribution in [3.63, 3.8) is 0 Å². The number of hydrogen-bond acceptors (Lipinski definition) is 4. The molecule has 0 spiro atoms. The number of nitrogens with one attached hydrogen (secondary N) is 1. The topological polar surface area (TPSA) is 110 Å². The lowest BCUT2D eigenvalue weighted by molar-refractivity contribution is -0.137. The summed E-state index contributed by atoms with van der Waals surface area (Å²) in [6.45, 7) is -0.842. The Morgan fingerprint density at radius 2 is 1.79 bits per heavy atom. The molecule has 0 aliphatic carbocycles. The molecule has 0 unspecified atom stereocenters. The molecule has 0 heterocycles. The van der Waals surface area contributed by atoms with Gasteiger partial charge in [0.1, 0.15) is 6.54 Å². The molecule has 0 bridgehead atoms. The number of nitrogens with zero attached hydrogens (tertiary/aromatic N) is 1. The summed E-state index contributed by atoms with van der Waals surface area (Å²) in [5, 5.41) is 1.71. The third kappa shape index (κ3) is 5.61. The number of amides is 2. The maximum Gasteiger partial charge on any atom is 0.417 e. The molecule has 0 saturated carbocycles. The number of hydrogen-bond donors (Lipinski definition) is 2. The van der Waals surface area contributed by atoms with Gasteiger partial charge in [0.2, 0.25) is 15.9 Å². The molecule has 0 aliphatic rings. The van der Waals surface area contributed by atoms with E-state index in [4.69, 9.17) is 17.3 Å². The predicted octanol–water partition coefficient (Wildman–Crippen LogP) is 2.86. The maximum atomic E-state index is 13.1. The van der Waals surface area contributed by atoms with Crippen molar-refractivity contribution >= 4 is 44.8 Å². The smallest absolute Gasteiger partial charge is 0.366 e. The monoisotopic (exact) mass is 449 g/mol. The van der Waals surface area contributed by atoms with Crippen LogP contribution in [0.25, 0.3) is 0 Å². The van der Waals surface area contributed by atoms with Gasteiger partial charge in [-0.3, -0.25) is 13.9 Å². The van der Waals surface area contributed by atoms with Crippen LogP contribution in [0.5, 0.6) is 0 Å². The molecule has 0 aromatic heterocycles. The number of rotatable bonds is 6. The standard InChI is InChI=1S/C17H15ClF3N3O4S/c1-29(27,28)24(10-6-7-13(18)12(8-10)17(19,20)21)9-15(25)23-14-5-3-2-4-11(14)16(22)26/h2-8H,9H2,1H3,(H2,22,26)(H,23,25). The molecule has 0 fully saturated rings. The van der Waals surface area contributed by atoms with Crippen LogP contribution in [-0.2, 0) is 21.0 Å². The summed E-state index contributed by atoms with van der Waals surface area (Å²) in [6.07, 6.45) is -4.08. The summed E-state index contributed by atoms with van der Waals surface area (Å²) in [6, 6.07) is 8.19. The van der Waals surface area contributed by atoms with Crippen molar-refractivity contribution < 1.29 is 31.2 Å². The zero-order valence-electron chi connectivity index (χ0n) is 14.8. The third-order valence-electron chi connectivity index (χ3n) is 3.70. The minimum atomic E-state index is -4.82. The molecule has 29 heavy (non-hydrogen) atoms. The van der Waals surface area contributed by atoms with Crippen LogP contribution in [0.3, 0.4) is 0 Å². The van der Waals surface area contributed by atoms with Crippen LogP contribution < -0.4 is 15.4 Å². The van der Waals surface area contributed by atoms with Gasteiger partial charge in [-0.25, -0.2) is 8.42 Å². The predicted molar refractivity (Wildman–Crippen MR) is 102 cm³/mol. The van der Waals surface area contributed by atoms with E-state index < -0.39 is 50.8 Å². The fraction of sp³-hybridized carbons (Fsp3) is 0.176. The molecular weight excluding hydrogens is 435 g/mol. The van der Waals surface area contributed by atoms with Crippen LogP contribution in [0.4, 0.5) is 24.5 Å². The zero-order valence-corrected chi connectivity index (χ0v) is 16.4. The molecule has 3 N–H and O–H groups in total. The van der Waals surface area contributed by atoms with Gasteiger partial charge in [-0.15, -0.1) is 0 Å². The van der Waals surface area contributed by atoms with Crippen LogP contribution >= 0.6 is 11.6 Å². The van der Waals surface area contributed by atoms with Gasteiger partial charge < -0.3 is 11.1 Å². The minimum Gasteiger partial charge on any atom is -0.366 e. The average Bonchev–Trinajstić information content (AvgIpc) is 2.58. The van der Waals surface area contributed by atoms with Crippen molar-refractivity contribution in [1.29, 1.82) is 0 Å².